The Morgan fingerprint density at radius 3 is 2.41 bits per heavy atom. The SMILES string of the molecule is CC(C)=C1CCN(CC(=O)NC2C(C(=O)C3CC3)CC3CCCCC32)CC1. The predicted molar refractivity (Wildman–Crippen MR) is 107 cm³/mol. The Balaban J connectivity index is 1.36. The number of rotatable bonds is 5. The van der Waals surface area contributed by atoms with Crippen molar-refractivity contribution in [3.8, 4) is 0 Å². The monoisotopic (exact) mass is 372 g/mol. The molecule has 0 spiro atoms. The van der Waals surface area contributed by atoms with Gasteiger partial charge in [0.25, 0.3) is 0 Å². The van der Waals surface area contributed by atoms with Crippen LogP contribution in [0.4, 0.5) is 0 Å². The number of carbonyl (C=O) groups excluding carboxylic acids is 2. The lowest BCUT2D eigenvalue weighted by Crippen LogP contribution is -2.49. The first kappa shape index (κ1) is 19.2. The minimum atomic E-state index is 0.0909. The maximum Gasteiger partial charge on any atom is 0.234 e. The van der Waals surface area contributed by atoms with Gasteiger partial charge in [-0.05, 0) is 64.2 Å². The normalized spacial score (nSPS) is 34.2. The summed E-state index contributed by atoms with van der Waals surface area (Å²) in [5, 5.41) is 3.36. The highest BCUT2D eigenvalue weighted by Crippen LogP contribution is 2.48. The number of fused-ring (bicyclic) bond motifs is 1. The Morgan fingerprint density at radius 2 is 1.74 bits per heavy atom. The van der Waals surface area contributed by atoms with Crippen molar-refractivity contribution in [3.63, 3.8) is 0 Å². The van der Waals surface area contributed by atoms with Crippen molar-refractivity contribution in [2.45, 2.75) is 77.7 Å². The van der Waals surface area contributed by atoms with E-state index in [-0.39, 0.29) is 17.9 Å². The topological polar surface area (TPSA) is 49.4 Å². The molecule has 4 aliphatic rings. The molecule has 0 bridgehead atoms. The standard InChI is InChI=1S/C23H36N2O2/c1-15(2)16-9-11-25(12-10-16)14-21(26)24-22-19-6-4-3-5-18(19)13-20(22)23(27)17-7-8-17/h17-20,22H,3-14H2,1-2H3,(H,24,26). The van der Waals surface area contributed by atoms with Crippen molar-refractivity contribution in [3.05, 3.63) is 11.1 Å². The first-order valence-electron chi connectivity index (χ1n) is 11.2. The molecule has 4 rings (SSSR count). The number of Topliss-reactive ketones (excluding diaryl/α,β-unsaturated/α-hetero) is 1. The zero-order chi connectivity index (χ0) is 19.0. The van der Waals surface area contributed by atoms with Gasteiger partial charge in [-0.1, -0.05) is 30.4 Å². The summed E-state index contributed by atoms with van der Waals surface area (Å²) in [4.78, 5) is 28.0. The molecule has 150 valence electrons. The Morgan fingerprint density at radius 1 is 1.04 bits per heavy atom. The van der Waals surface area contributed by atoms with Crippen LogP contribution >= 0.6 is 0 Å². The van der Waals surface area contributed by atoms with Gasteiger partial charge in [-0.15, -0.1) is 0 Å². The van der Waals surface area contributed by atoms with Gasteiger partial charge in [-0.2, -0.15) is 0 Å². The van der Waals surface area contributed by atoms with Crippen molar-refractivity contribution in [2.75, 3.05) is 19.6 Å². The fraction of sp³-hybridized carbons (Fsp3) is 0.826. The van der Waals surface area contributed by atoms with Crippen LogP contribution in [0.2, 0.25) is 0 Å². The number of allylic oxidation sites excluding steroid dienone is 1. The highest BCUT2D eigenvalue weighted by atomic mass is 16.2. The highest BCUT2D eigenvalue weighted by Gasteiger charge is 2.50. The van der Waals surface area contributed by atoms with Crippen LogP contribution < -0.4 is 5.32 Å². The molecule has 1 N–H and O–H groups in total. The molecule has 0 aromatic heterocycles. The quantitative estimate of drug-likeness (QED) is 0.749. The van der Waals surface area contributed by atoms with Crippen molar-refractivity contribution in [1.29, 1.82) is 0 Å². The summed E-state index contributed by atoms with van der Waals surface area (Å²) in [7, 11) is 0. The second kappa shape index (κ2) is 8.06. The molecule has 1 saturated heterocycles. The van der Waals surface area contributed by atoms with Gasteiger partial charge < -0.3 is 5.32 Å². The second-order valence-corrected chi connectivity index (χ2v) is 9.70. The van der Waals surface area contributed by atoms with Crippen LogP contribution in [0.15, 0.2) is 11.1 Å². The lowest BCUT2D eigenvalue weighted by Gasteiger charge is -2.32. The fourth-order valence-electron chi connectivity index (χ4n) is 5.86. The zero-order valence-corrected chi connectivity index (χ0v) is 17.1. The number of hydrogen-bond acceptors (Lipinski definition) is 3. The molecule has 0 aromatic rings. The Labute approximate surface area is 164 Å². The van der Waals surface area contributed by atoms with E-state index in [4.69, 9.17) is 0 Å². The van der Waals surface area contributed by atoms with Gasteiger partial charge in [0.1, 0.15) is 5.78 Å². The summed E-state index contributed by atoms with van der Waals surface area (Å²) < 4.78 is 0. The third kappa shape index (κ3) is 4.31. The van der Waals surface area contributed by atoms with Crippen LogP contribution in [-0.4, -0.2) is 42.3 Å². The van der Waals surface area contributed by atoms with Gasteiger partial charge in [0.2, 0.25) is 5.91 Å². The van der Waals surface area contributed by atoms with Gasteiger partial charge in [-0.3, -0.25) is 14.5 Å². The van der Waals surface area contributed by atoms with Gasteiger partial charge in [0.05, 0.1) is 6.54 Å². The van der Waals surface area contributed by atoms with E-state index in [0.29, 0.717) is 30.1 Å². The van der Waals surface area contributed by atoms with E-state index in [2.05, 4.69) is 24.1 Å². The predicted octanol–water partition coefficient (Wildman–Crippen LogP) is 3.71. The number of carbonyl (C=O) groups is 2. The maximum atomic E-state index is 12.9. The largest absolute Gasteiger partial charge is 0.351 e. The molecule has 3 saturated carbocycles. The Kier molecular flexibility index (Phi) is 5.73. The van der Waals surface area contributed by atoms with E-state index in [1.807, 2.05) is 0 Å². The lowest BCUT2D eigenvalue weighted by atomic mass is 9.80. The van der Waals surface area contributed by atoms with Crippen LogP contribution in [0.5, 0.6) is 0 Å². The van der Waals surface area contributed by atoms with Gasteiger partial charge in [-0.25, -0.2) is 0 Å². The van der Waals surface area contributed by atoms with Crippen molar-refractivity contribution >= 4 is 11.7 Å². The number of nitrogens with zero attached hydrogens (tertiary/aromatic N) is 1. The van der Waals surface area contributed by atoms with Crippen LogP contribution in [-0.2, 0) is 9.59 Å². The summed E-state index contributed by atoms with van der Waals surface area (Å²) in [6.45, 7) is 6.84. The number of amides is 1. The van der Waals surface area contributed by atoms with Crippen molar-refractivity contribution in [2.24, 2.45) is 23.7 Å². The van der Waals surface area contributed by atoms with Crippen molar-refractivity contribution in [1.82, 2.24) is 10.2 Å². The zero-order valence-electron chi connectivity index (χ0n) is 17.1. The minimum absolute atomic E-state index is 0.0909. The van der Waals surface area contributed by atoms with Gasteiger partial charge in [0.15, 0.2) is 0 Å². The van der Waals surface area contributed by atoms with E-state index in [1.54, 1.807) is 5.57 Å². The Hall–Kier alpha value is -1.16. The molecule has 27 heavy (non-hydrogen) atoms. The average molecular weight is 373 g/mol. The third-order valence-electron chi connectivity index (χ3n) is 7.63. The van der Waals surface area contributed by atoms with Crippen molar-refractivity contribution < 1.29 is 9.59 Å². The average Bonchev–Trinajstić information content (AvgIpc) is 3.45. The number of nitrogens with one attached hydrogen (secondary N) is 1. The van der Waals surface area contributed by atoms with E-state index in [0.717, 1.165) is 45.2 Å². The number of likely N-dealkylation sites (tertiary alicyclic amines) is 1. The summed E-state index contributed by atoms with van der Waals surface area (Å²) in [5.41, 5.74) is 3.00. The molecule has 1 heterocycles. The molecule has 4 nitrogen and oxygen atoms in total. The number of ketones is 1. The van der Waals surface area contributed by atoms with E-state index < -0.39 is 0 Å². The first-order chi connectivity index (χ1) is 13.0. The highest BCUT2D eigenvalue weighted by molar-refractivity contribution is 5.87. The minimum Gasteiger partial charge on any atom is -0.351 e. The summed E-state index contributed by atoms with van der Waals surface area (Å²) in [6, 6.07) is 0.106. The smallest absolute Gasteiger partial charge is 0.234 e. The first-order valence-corrected chi connectivity index (χ1v) is 11.2. The molecule has 0 aromatic carbocycles. The molecular formula is C23H36N2O2. The van der Waals surface area contributed by atoms with E-state index in [1.165, 1.54) is 31.3 Å². The molecule has 0 radical (unpaired) electrons. The molecular weight excluding hydrogens is 336 g/mol. The molecule has 4 unspecified atom stereocenters. The summed E-state index contributed by atoms with van der Waals surface area (Å²) >= 11 is 0. The van der Waals surface area contributed by atoms with Gasteiger partial charge in [0, 0.05) is 31.0 Å². The van der Waals surface area contributed by atoms with Gasteiger partial charge >= 0.3 is 0 Å². The molecule has 1 amide bonds. The third-order valence-corrected chi connectivity index (χ3v) is 7.63. The molecule has 1 aliphatic heterocycles. The number of piperidine rings is 1. The summed E-state index contributed by atoms with van der Waals surface area (Å²) in [6.07, 6.45) is 10.4. The van der Waals surface area contributed by atoms with E-state index in [9.17, 15) is 9.59 Å². The summed E-state index contributed by atoms with van der Waals surface area (Å²) in [5.74, 6) is 2.19. The number of hydrogen-bond donors (Lipinski definition) is 1. The fourth-order valence-corrected chi connectivity index (χ4v) is 5.86. The van der Waals surface area contributed by atoms with Crippen LogP contribution in [0.25, 0.3) is 0 Å². The molecule has 3 aliphatic carbocycles. The van der Waals surface area contributed by atoms with E-state index >= 15 is 0 Å². The second-order valence-electron chi connectivity index (χ2n) is 9.70. The molecule has 4 heteroatoms. The lowest BCUT2D eigenvalue weighted by molar-refractivity contribution is -0.126. The van der Waals surface area contributed by atoms with Crippen LogP contribution in [0.1, 0.15) is 71.6 Å². The van der Waals surface area contributed by atoms with Crippen LogP contribution in [0.3, 0.4) is 0 Å². The molecule has 4 fully saturated rings. The molecule has 4 atom stereocenters. The Bertz CT molecular complexity index is 608. The maximum absolute atomic E-state index is 12.9. The van der Waals surface area contributed by atoms with Crippen LogP contribution in [0, 0.1) is 23.7 Å².